The normalized spacial score (nSPS) is 12.6. The molecule has 0 aliphatic rings. The highest BCUT2D eigenvalue weighted by Gasteiger charge is 2.27. The first-order valence-electron chi connectivity index (χ1n) is 7.14. The van der Waals surface area contributed by atoms with E-state index in [0.717, 1.165) is 24.5 Å². The second-order valence-electron chi connectivity index (χ2n) is 7.29. The third-order valence-corrected chi connectivity index (χ3v) is 3.18. The third-order valence-electron chi connectivity index (χ3n) is 3.18. The van der Waals surface area contributed by atoms with Crippen LogP contribution in [-0.4, -0.2) is 6.61 Å². The van der Waals surface area contributed by atoms with E-state index in [9.17, 15) is 0 Å². The van der Waals surface area contributed by atoms with Crippen LogP contribution in [0.5, 0.6) is 5.75 Å². The molecule has 0 heterocycles. The Labute approximate surface area is 118 Å². The number of benzene rings is 1. The molecule has 0 radical (unpaired) electrons. The van der Waals surface area contributed by atoms with Gasteiger partial charge in [0.2, 0.25) is 0 Å². The van der Waals surface area contributed by atoms with E-state index in [4.69, 9.17) is 10.5 Å². The Morgan fingerprint density at radius 1 is 0.947 bits per heavy atom. The second kappa shape index (κ2) is 5.44. The Morgan fingerprint density at radius 3 is 1.68 bits per heavy atom. The minimum Gasteiger partial charge on any atom is -0.493 e. The fourth-order valence-electron chi connectivity index (χ4n) is 2.13. The summed E-state index contributed by atoms with van der Waals surface area (Å²) < 4.78 is 6.07. The monoisotopic (exact) mass is 263 g/mol. The maximum atomic E-state index is 6.09. The van der Waals surface area contributed by atoms with Crippen LogP contribution in [0.25, 0.3) is 0 Å². The van der Waals surface area contributed by atoms with Crippen molar-refractivity contribution in [1.82, 2.24) is 0 Å². The summed E-state index contributed by atoms with van der Waals surface area (Å²) in [5.74, 6) is 1.02. The first-order chi connectivity index (χ1) is 8.57. The van der Waals surface area contributed by atoms with Gasteiger partial charge in [-0.1, -0.05) is 48.5 Å². The molecule has 2 heteroatoms. The lowest BCUT2D eigenvalue weighted by molar-refractivity contribution is 0.300. The molecule has 1 aromatic carbocycles. The van der Waals surface area contributed by atoms with Gasteiger partial charge in [0.15, 0.2) is 0 Å². The van der Waals surface area contributed by atoms with Gasteiger partial charge in [0.05, 0.1) is 6.61 Å². The molecule has 0 aliphatic heterocycles. The van der Waals surface area contributed by atoms with Crippen molar-refractivity contribution in [2.45, 2.75) is 65.7 Å². The Kier molecular flexibility index (Phi) is 4.54. The van der Waals surface area contributed by atoms with Crippen molar-refractivity contribution < 1.29 is 4.74 Å². The zero-order valence-corrected chi connectivity index (χ0v) is 13.6. The predicted molar refractivity (Wildman–Crippen MR) is 84.0 cm³/mol. The molecule has 0 fully saturated rings. The summed E-state index contributed by atoms with van der Waals surface area (Å²) in [5.41, 5.74) is 9.37. The van der Waals surface area contributed by atoms with Crippen molar-refractivity contribution in [1.29, 1.82) is 0 Å². The molecule has 1 aromatic rings. The smallest absolute Gasteiger partial charge is 0.126 e. The van der Waals surface area contributed by atoms with Crippen LogP contribution in [-0.2, 0) is 10.8 Å². The van der Waals surface area contributed by atoms with Crippen molar-refractivity contribution in [3.8, 4) is 5.75 Å². The number of hydrogen-bond acceptors (Lipinski definition) is 2. The van der Waals surface area contributed by atoms with E-state index in [0.29, 0.717) is 0 Å². The lowest BCUT2D eigenvalue weighted by Gasteiger charge is -2.30. The maximum absolute atomic E-state index is 6.09. The molecule has 1 rings (SSSR count). The Morgan fingerprint density at radius 2 is 1.37 bits per heavy atom. The molecule has 0 aliphatic carbocycles. The molecule has 0 amide bonds. The quantitative estimate of drug-likeness (QED) is 0.805. The molecule has 0 bridgehead atoms. The van der Waals surface area contributed by atoms with Crippen molar-refractivity contribution in [2.24, 2.45) is 0 Å². The van der Waals surface area contributed by atoms with E-state index in [1.807, 2.05) is 0 Å². The van der Waals surface area contributed by atoms with Gasteiger partial charge in [0.25, 0.3) is 0 Å². The van der Waals surface area contributed by atoms with E-state index in [-0.39, 0.29) is 10.8 Å². The minimum absolute atomic E-state index is 0.0262. The standard InChI is InChI=1S/C17H29NO/c1-8-9-19-15-13(16(2,3)4)10-12(18)11-14(15)17(5,6)7/h10-11H,8-9,18H2,1-7H3. The highest BCUT2D eigenvalue weighted by atomic mass is 16.5. The van der Waals surface area contributed by atoms with Gasteiger partial charge in [-0.3, -0.25) is 0 Å². The summed E-state index contributed by atoms with van der Waals surface area (Å²) in [7, 11) is 0. The molecule has 0 aromatic heterocycles. The molecule has 0 unspecified atom stereocenters. The number of nitrogens with two attached hydrogens (primary N) is 1. The minimum atomic E-state index is 0.0262. The van der Waals surface area contributed by atoms with Crippen LogP contribution in [0, 0.1) is 0 Å². The lowest BCUT2D eigenvalue weighted by atomic mass is 9.79. The van der Waals surface area contributed by atoms with Crippen LogP contribution < -0.4 is 10.5 Å². The largest absolute Gasteiger partial charge is 0.493 e. The number of nitrogen functional groups attached to an aromatic ring is 1. The molecule has 2 nitrogen and oxygen atoms in total. The first kappa shape index (κ1) is 15.9. The maximum Gasteiger partial charge on any atom is 0.126 e. The van der Waals surface area contributed by atoms with Gasteiger partial charge in [-0.25, -0.2) is 0 Å². The van der Waals surface area contributed by atoms with Crippen molar-refractivity contribution in [3.63, 3.8) is 0 Å². The fourth-order valence-corrected chi connectivity index (χ4v) is 2.13. The van der Waals surface area contributed by atoms with Crippen molar-refractivity contribution in [2.75, 3.05) is 12.3 Å². The summed E-state index contributed by atoms with van der Waals surface area (Å²) in [4.78, 5) is 0. The summed E-state index contributed by atoms with van der Waals surface area (Å²) >= 11 is 0. The van der Waals surface area contributed by atoms with Crippen LogP contribution in [0.4, 0.5) is 5.69 Å². The van der Waals surface area contributed by atoms with Crippen LogP contribution in [0.1, 0.15) is 66.0 Å². The highest BCUT2D eigenvalue weighted by Crippen LogP contribution is 2.41. The van der Waals surface area contributed by atoms with Gasteiger partial charge in [0, 0.05) is 16.8 Å². The summed E-state index contributed by atoms with van der Waals surface area (Å²) in [6.45, 7) is 16.1. The van der Waals surface area contributed by atoms with Gasteiger partial charge < -0.3 is 10.5 Å². The zero-order chi connectivity index (χ0) is 14.8. The van der Waals surface area contributed by atoms with Crippen LogP contribution in [0.15, 0.2) is 12.1 Å². The molecule has 0 atom stereocenters. The van der Waals surface area contributed by atoms with Crippen molar-refractivity contribution >= 4 is 5.69 Å². The molecular weight excluding hydrogens is 234 g/mol. The van der Waals surface area contributed by atoms with Crippen LogP contribution in [0.2, 0.25) is 0 Å². The van der Waals surface area contributed by atoms with E-state index >= 15 is 0 Å². The van der Waals surface area contributed by atoms with Crippen LogP contribution in [0.3, 0.4) is 0 Å². The SMILES string of the molecule is CCCOc1c(C(C)(C)C)cc(N)cc1C(C)(C)C. The van der Waals surface area contributed by atoms with Gasteiger partial charge in [-0.05, 0) is 29.4 Å². The molecule has 19 heavy (non-hydrogen) atoms. The van der Waals surface area contributed by atoms with E-state index < -0.39 is 0 Å². The summed E-state index contributed by atoms with van der Waals surface area (Å²) in [6.07, 6.45) is 1.01. The van der Waals surface area contributed by atoms with Gasteiger partial charge in [-0.2, -0.15) is 0 Å². The lowest BCUT2D eigenvalue weighted by Crippen LogP contribution is -2.20. The van der Waals surface area contributed by atoms with E-state index in [1.165, 1.54) is 11.1 Å². The Hall–Kier alpha value is -1.18. The second-order valence-corrected chi connectivity index (χ2v) is 7.29. The highest BCUT2D eigenvalue weighted by molar-refractivity contribution is 5.57. The molecule has 0 saturated heterocycles. The molecule has 0 spiro atoms. The fraction of sp³-hybridized carbons (Fsp3) is 0.647. The first-order valence-corrected chi connectivity index (χ1v) is 7.14. The summed E-state index contributed by atoms with van der Waals surface area (Å²) in [6, 6.07) is 4.11. The van der Waals surface area contributed by atoms with Gasteiger partial charge >= 0.3 is 0 Å². The van der Waals surface area contributed by atoms with Crippen LogP contribution >= 0.6 is 0 Å². The number of hydrogen-bond donors (Lipinski definition) is 1. The van der Waals surface area contributed by atoms with E-state index in [1.54, 1.807) is 0 Å². The topological polar surface area (TPSA) is 35.2 Å². The van der Waals surface area contributed by atoms with Gasteiger partial charge in [0.1, 0.15) is 5.75 Å². The number of ether oxygens (including phenoxy) is 1. The van der Waals surface area contributed by atoms with E-state index in [2.05, 4.69) is 60.6 Å². The number of anilines is 1. The summed E-state index contributed by atoms with van der Waals surface area (Å²) in [5, 5.41) is 0. The van der Waals surface area contributed by atoms with Gasteiger partial charge in [-0.15, -0.1) is 0 Å². The molecule has 2 N–H and O–H groups in total. The molecular formula is C17H29NO. The predicted octanol–water partition coefficient (Wildman–Crippen LogP) is 4.65. The average Bonchev–Trinajstić information content (AvgIpc) is 2.23. The number of rotatable bonds is 3. The molecule has 108 valence electrons. The average molecular weight is 263 g/mol. The Bertz CT molecular complexity index is 401. The van der Waals surface area contributed by atoms with Crippen molar-refractivity contribution in [3.05, 3.63) is 23.3 Å². The zero-order valence-electron chi connectivity index (χ0n) is 13.6. The molecule has 0 saturated carbocycles. The Balaban J connectivity index is 3.49. The third kappa shape index (κ3) is 3.89.